The van der Waals surface area contributed by atoms with Crippen molar-refractivity contribution in [2.45, 2.75) is 25.1 Å². The summed E-state index contributed by atoms with van der Waals surface area (Å²) in [5.41, 5.74) is 2.87. The van der Waals surface area contributed by atoms with Crippen LogP contribution in [0.25, 0.3) is 0 Å². The van der Waals surface area contributed by atoms with Crippen LogP contribution in [0.3, 0.4) is 0 Å². The molecule has 0 aliphatic carbocycles. The van der Waals surface area contributed by atoms with Gasteiger partial charge in [-0.15, -0.1) is 0 Å². The van der Waals surface area contributed by atoms with Crippen LogP contribution in [0.15, 0.2) is 66.9 Å². The first kappa shape index (κ1) is 20.7. The molecule has 0 radical (unpaired) electrons. The second-order valence-electron chi connectivity index (χ2n) is 7.48. The molecule has 1 atom stereocenters. The molecule has 4 nitrogen and oxygen atoms in total. The highest BCUT2D eigenvalue weighted by Gasteiger charge is 2.31. The van der Waals surface area contributed by atoms with Gasteiger partial charge in [-0.2, -0.15) is 18.4 Å². The molecule has 0 bridgehead atoms. The molecule has 4 rings (SSSR count). The lowest BCUT2D eigenvalue weighted by Gasteiger charge is -2.20. The summed E-state index contributed by atoms with van der Waals surface area (Å²) in [4.78, 5) is 5.85. The molecular weight excluding hydrogens is 403 g/mol. The van der Waals surface area contributed by atoms with E-state index in [4.69, 9.17) is 4.74 Å². The van der Waals surface area contributed by atoms with Crippen molar-refractivity contribution >= 4 is 5.69 Å². The highest BCUT2D eigenvalue weighted by molar-refractivity contribution is 5.61. The predicted octanol–water partition coefficient (Wildman–Crippen LogP) is 5.22. The van der Waals surface area contributed by atoms with Crippen LogP contribution in [0.1, 0.15) is 28.7 Å². The smallest absolute Gasteiger partial charge is 0.417 e. The van der Waals surface area contributed by atoms with Gasteiger partial charge in [-0.25, -0.2) is 4.98 Å². The number of rotatable bonds is 5. The quantitative estimate of drug-likeness (QED) is 0.565. The summed E-state index contributed by atoms with van der Waals surface area (Å²) in [7, 11) is 0. The lowest BCUT2D eigenvalue weighted by atomic mass is 10.0. The van der Waals surface area contributed by atoms with Crippen LogP contribution in [0.2, 0.25) is 0 Å². The minimum Gasteiger partial charge on any atom is -0.472 e. The maximum atomic E-state index is 12.7. The molecule has 2 heterocycles. The number of ether oxygens (including phenoxy) is 1. The highest BCUT2D eigenvalue weighted by atomic mass is 19.4. The summed E-state index contributed by atoms with van der Waals surface area (Å²) in [6, 6.07) is 20.4. The van der Waals surface area contributed by atoms with E-state index < -0.39 is 11.7 Å². The average Bonchev–Trinajstić information content (AvgIpc) is 3.22. The Bertz CT molecular complexity index is 1080. The van der Waals surface area contributed by atoms with Gasteiger partial charge in [0.2, 0.25) is 5.88 Å². The Morgan fingerprint density at radius 2 is 1.87 bits per heavy atom. The number of alkyl halides is 3. The molecule has 7 heteroatoms. The molecule has 2 aromatic carbocycles. The maximum absolute atomic E-state index is 12.7. The largest absolute Gasteiger partial charge is 0.472 e. The van der Waals surface area contributed by atoms with E-state index in [0.717, 1.165) is 29.9 Å². The number of hydrogen-bond donors (Lipinski definition) is 0. The number of benzene rings is 2. The number of aromatic nitrogens is 1. The Morgan fingerprint density at radius 3 is 2.55 bits per heavy atom. The van der Waals surface area contributed by atoms with Crippen LogP contribution in [-0.2, 0) is 12.6 Å². The van der Waals surface area contributed by atoms with Gasteiger partial charge in [0, 0.05) is 25.2 Å². The summed E-state index contributed by atoms with van der Waals surface area (Å²) in [5, 5.41) is 9.65. The second kappa shape index (κ2) is 8.68. The van der Waals surface area contributed by atoms with E-state index in [0.29, 0.717) is 25.1 Å². The van der Waals surface area contributed by atoms with Crippen molar-refractivity contribution in [1.82, 2.24) is 4.98 Å². The molecule has 0 unspecified atom stereocenters. The molecule has 158 valence electrons. The first-order chi connectivity index (χ1) is 14.9. The number of nitrogens with zero attached hydrogens (tertiary/aromatic N) is 3. The van der Waals surface area contributed by atoms with E-state index in [2.05, 4.69) is 28.1 Å². The van der Waals surface area contributed by atoms with E-state index in [9.17, 15) is 18.4 Å². The number of anilines is 1. The third kappa shape index (κ3) is 4.97. The van der Waals surface area contributed by atoms with Crippen LogP contribution in [-0.4, -0.2) is 24.2 Å². The molecule has 1 aliphatic rings. The van der Waals surface area contributed by atoms with E-state index in [1.807, 2.05) is 36.4 Å². The fourth-order valence-electron chi connectivity index (χ4n) is 3.72. The zero-order valence-electron chi connectivity index (χ0n) is 16.6. The van der Waals surface area contributed by atoms with Crippen LogP contribution in [0.4, 0.5) is 18.9 Å². The zero-order valence-corrected chi connectivity index (χ0v) is 16.6. The van der Waals surface area contributed by atoms with E-state index in [1.165, 1.54) is 11.6 Å². The fraction of sp³-hybridized carbons (Fsp3) is 0.250. The Labute approximate surface area is 178 Å². The van der Waals surface area contributed by atoms with E-state index in [-0.39, 0.29) is 12.0 Å². The molecule has 1 fully saturated rings. The molecule has 0 N–H and O–H groups in total. The topological polar surface area (TPSA) is 49.2 Å². The van der Waals surface area contributed by atoms with Gasteiger partial charge < -0.3 is 9.64 Å². The molecule has 0 spiro atoms. The zero-order chi connectivity index (χ0) is 21.8. The molecule has 0 amide bonds. The summed E-state index contributed by atoms with van der Waals surface area (Å²) >= 11 is 0. The Morgan fingerprint density at radius 1 is 1.06 bits per heavy atom. The SMILES string of the molecule is N#Cc1cc(Cc2ccccc2)ccc1N1CC[C@H](Oc2ccc(C(F)(F)F)cn2)C1. The van der Waals surface area contributed by atoms with Crippen molar-refractivity contribution in [3.05, 3.63) is 89.1 Å². The minimum absolute atomic E-state index is 0.165. The van der Waals surface area contributed by atoms with Crippen molar-refractivity contribution in [2.75, 3.05) is 18.0 Å². The third-order valence-electron chi connectivity index (χ3n) is 5.27. The first-order valence-electron chi connectivity index (χ1n) is 9.94. The molecule has 0 saturated carbocycles. The normalized spacial score (nSPS) is 16.2. The van der Waals surface area contributed by atoms with Gasteiger partial charge in [0.1, 0.15) is 12.2 Å². The third-order valence-corrected chi connectivity index (χ3v) is 5.27. The average molecular weight is 423 g/mol. The monoisotopic (exact) mass is 423 g/mol. The second-order valence-corrected chi connectivity index (χ2v) is 7.48. The van der Waals surface area contributed by atoms with Crippen molar-refractivity contribution in [3.8, 4) is 11.9 Å². The van der Waals surface area contributed by atoms with E-state index >= 15 is 0 Å². The fourth-order valence-corrected chi connectivity index (χ4v) is 3.72. The van der Waals surface area contributed by atoms with Gasteiger partial charge in [0.25, 0.3) is 0 Å². The van der Waals surface area contributed by atoms with Crippen LogP contribution in [0.5, 0.6) is 5.88 Å². The van der Waals surface area contributed by atoms with Crippen LogP contribution < -0.4 is 9.64 Å². The Balaban J connectivity index is 1.42. The van der Waals surface area contributed by atoms with Gasteiger partial charge in [-0.1, -0.05) is 36.4 Å². The number of nitriles is 1. The highest BCUT2D eigenvalue weighted by Crippen LogP contribution is 2.30. The molecule has 1 aromatic heterocycles. The van der Waals surface area contributed by atoms with Crippen molar-refractivity contribution < 1.29 is 17.9 Å². The first-order valence-corrected chi connectivity index (χ1v) is 9.94. The van der Waals surface area contributed by atoms with Crippen LogP contribution in [0, 0.1) is 11.3 Å². The summed E-state index contributed by atoms with van der Waals surface area (Å²) in [6.07, 6.45) is -2.41. The number of hydrogen-bond acceptors (Lipinski definition) is 4. The van der Waals surface area contributed by atoms with Gasteiger partial charge in [0.15, 0.2) is 0 Å². The van der Waals surface area contributed by atoms with Crippen molar-refractivity contribution in [1.29, 1.82) is 5.26 Å². The maximum Gasteiger partial charge on any atom is 0.417 e. The van der Waals surface area contributed by atoms with Gasteiger partial charge >= 0.3 is 6.18 Å². The number of halogens is 3. The minimum atomic E-state index is -4.42. The standard InChI is InChI=1S/C24H20F3N3O/c25-24(26,27)20-7-9-23(29-15-20)31-21-10-11-30(16-21)22-8-6-18(13-19(22)14-28)12-17-4-2-1-3-5-17/h1-9,13,15,21H,10-12,16H2/t21-/m0/s1. The summed E-state index contributed by atoms with van der Waals surface area (Å²) in [6.45, 7) is 1.23. The van der Waals surface area contributed by atoms with Crippen LogP contribution >= 0.6 is 0 Å². The molecule has 1 aliphatic heterocycles. The molecule has 31 heavy (non-hydrogen) atoms. The lowest BCUT2D eigenvalue weighted by molar-refractivity contribution is -0.137. The summed E-state index contributed by atoms with van der Waals surface area (Å²) < 4.78 is 43.8. The Kier molecular flexibility index (Phi) is 5.81. The van der Waals surface area contributed by atoms with E-state index in [1.54, 1.807) is 0 Å². The number of pyridine rings is 1. The van der Waals surface area contributed by atoms with Gasteiger partial charge in [-0.05, 0) is 35.7 Å². The predicted molar refractivity (Wildman–Crippen MR) is 111 cm³/mol. The van der Waals surface area contributed by atoms with Gasteiger partial charge in [0.05, 0.1) is 23.4 Å². The molecule has 3 aromatic rings. The van der Waals surface area contributed by atoms with Crippen molar-refractivity contribution in [3.63, 3.8) is 0 Å². The summed E-state index contributed by atoms with van der Waals surface area (Å²) in [5.74, 6) is 0.165. The molecule has 1 saturated heterocycles. The molecular formula is C24H20F3N3O. The Hall–Kier alpha value is -3.53. The van der Waals surface area contributed by atoms with Gasteiger partial charge in [-0.3, -0.25) is 0 Å². The lowest BCUT2D eigenvalue weighted by Crippen LogP contribution is -2.25. The van der Waals surface area contributed by atoms with Crippen molar-refractivity contribution in [2.24, 2.45) is 0 Å².